The number of hydrogen-bond donors (Lipinski definition) is 1. The van der Waals surface area contributed by atoms with Crippen molar-refractivity contribution < 1.29 is 13.9 Å². The highest BCUT2D eigenvalue weighted by molar-refractivity contribution is 6.30. The van der Waals surface area contributed by atoms with Gasteiger partial charge in [-0.25, -0.2) is 9.78 Å². The fraction of sp³-hybridized carbons (Fsp3) is 0.125. The van der Waals surface area contributed by atoms with Gasteiger partial charge >= 0.3 is 5.97 Å². The zero-order valence-corrected chi connectivity index (χ0v) is 12.6. The van der Waals surface area contributed by atoms with E-state index in [4.69, 9.17) is 26.5 Å². The first-order chi connectivity index (χ1) is 10.6. The maximum Gasteiger partial charge on any atom is 0.342 e. The third kappa shape index (κ3) is 2.63. The molecule has 0 fully saturated rings. The van der Waals surface area contributed by atoms with E-state index >= 15 is 0 Å². The minimum absolute atomic E-state index is 0.262. The van der Waals surface area contributed by atoms with Gasteiger partial charge in [-0.3, -0.25) is 0 Å². The van der Waals surface area contributed by atoms with Crippen molar-refractivity contribution in [3.8, 4) is 11.5 Å². The Balaban J connectivity index is 2.17. The van der Waals surface area contributed by atoms with E-state index in [2.05, 4.69) is 4.98 Å². The van der Waals surface area contributed by atoms with Gasteiger partial charge < -0.3 is 14.9 Å². The Bertz CT molecular complexity index is 858. The van der Waals surface area contributed by atoms with E-state index in [1.807, 2.05) is 6.07 Å². The maximum absolute atomic E-state index is 12.0. The normalized spacial score (nSPS) is 10.8. The zero-order valence-electron chi connectivity index (χ0n) is 11.8. The number of anilines is 1. The average Bonchev–Trinajstić information content (AvgIpc) is 2.90. The van der Waals surface area contributed by atoms with Crippen LogP contribution in [0.15, 0.2) is 40.8 Å². The van der Waals surface area contributed by atoms with Crippen LogP contribution in [0.5, 0.6) is 0 Å². The van der Waals surface area contributed by atoms with Gasteiger partial charge in [0.2, 0.25) is 5.89 Å². The second kappa shape index (κ2) is 5.69. The molecule has 112 valence electrons. The Morgan fingerprint density at radius 1 is 1.36 bits per heavy atom. The number of nitrogen functional groups attached to an aromatic ring is 1. The predicted octanol–water partition coefficient (Wildman–Crippen LogP) is 3.91. The largest absolute Gasteiger partial charge is 0.462 e. The van der Waals surface area contributed by atoms with Gasteiger partial charge in [0.25, 0.3) is 0 Å². The fourth-order valence-electron chi connectivity index (χ4n) is 2.16. The Labute approximate surface area is 131 Å². The van der Waals surface area contributed by atoms with Gasteiger partial charge in [0, 0.05) is 16.3 Å². The number of ether oxygens (including phenoxy) is 1. The molecule has 0 amide bonds. The molecule has 3 rings (SSSR count). The Morgan fingerprint density at radius 3 is 2.91 bits per heavy atom. The van der Waals surface area contributed by atoms with Crippen LogP contribution in [0.1, 0.15) is 17.3 Å². The van der Waals surface area contributed by atoms with Crippen LogP contribution in [0.2, 0.25) is 5.02 Å². The third-order valence-corrected chi connectivity index (χ3v) is 3.31. The molecule has 0 atom stereocenters. The highest BCUT2D eigenvalue weighted by atomic mass is 35.5. The molecule has 0 spiro atoms. The van der Waals surface area contributed by atoms with E-state index in [-0.39, 0.29) is 12.2 Å². The van der Waals surface area contributed by atoms with Crippen LogP contribution in [0.25, 0.3) is 22.6 Å². The molecule has 0 saturated heterocycles. The van der Waals surface area contributed by atoms with E-state index in [1.54, 1.807) is 31.2 Å². The number of nitrogens with zero attached hydrogens (tertiary/aromatic N) is 1. The monoisotopic (exact) mass is 316 g/mol. The van der Waals surface area contributed by atoms with Gasteiger partial charge in [0.15, 0.2) is 5.58 Å². The standard InChI is InChI=1S/C16H13ClN2O3/c1-2-21-16(20)12-7-11(18)8-13-14(12)22-15(19-13)9-4-3-5-10(17)6-9/h3-8H,2,18H2,1H3. The van der Waals surface area contributed by atoms with Crippen molar-refractivity contribution in [2.24, 2.45) is 0 Å². The maximum atomic E-state index is 12.0. The second-order valence-corrected chi connectivity index (χ2v) is 5.10. The number of carbonyl (C=O) groups is 1. The van der Waals surface area contributed by atoms with E-state index in [1.165, 1.54) is 6.07 Å². The van der Waals surface area contributed by atoms with Crippen LogP contribution in [0, 0.1) is 0 Å². The Morgan fingerprint density at radius 2 is 2.18 bits per heavy atom. The third-order valence-electron chi connectivity index (χ3n) is 3.08. The van der Waals surface area contributed by atoms with E-state index in [0.29, 0.717) is 27.7 Å². The molecule has 5 nitrogen and oxygen atoms in total. The number of fused-ring (bicyclic) bond motifs is 1. The number of benzene rings is 2. The topological polar surface area (TPSA) is 78.4 Å². The van der Waals surface area contributed by atoms with E-state index in [0.717, 1.165) is 5.56 Å². The van der Waals surface area contributed by atoms with E-state index in [9.17, 15) is 4.79 Å². The molecule has 1 heterocycles. The van der Waals surface area contributed by atoms with Crippen molar-refractivity contribution in [2.75, 3.05) is 12.3 Å². The molecule has 0 radical (unpaired) electrons. The summed E-state index contributed by atoms with van der Waals surface area (Å²) in [6, 6.07) is 10.3. The Kier molecular flexibility index (Phi) is 3.73. The smallest absolute Gasteiger partial charge is 0.342 e. The Hall–Kier alpha value is -2.53. The lowest BCUT2D eigenvalue weighted by Crippen LogP contribution is -2.05. The highest BCUT2D eigenvalue weighted by Crippen LogP contribution is 2.30. The summed E-state index contributed by atoms with van der Waals surface area (Å²) in [6.45, 7) is 2.00. The van der Waals surface area contributed by atoms with Crippen LogP contribution < -0.4 is 5.73 Å². The summed E-state index contributed by atoms with van der Waals surface area (Å²) >= 11 is 5.98. The van der Waals surface area contributed by atoms with Crippen LogP contribution in [-0.2, 0) is 4.74 Å². The molecule has 0 aliphatic rings. The molecule has 6 heteroatoms. The number of esters is 1. The highest BCUT2D eigenvalue weighted by Gasteiger charge is 2.18. The molecule has 0 aliphatic carbocycles. The SMILES string of the molecule is CCOC(=O)c1cc(N)cc2nc(-c3cccc(Cl)c3)oc12. The molecular formula is C16H13ClN2O3. The number of carbonyl (C=O) groups excluding carboxylic acids is 1. The lowest BCUT2D eigenvalue weighted by molar-refractivity contribution is 0.0527. The fourth-order valence-corrected chi connectivity index (χ4v) is 2.35. The summed E-state index contributed by atoms with van der Waals surface area (Å²) in [5, 5.41) is 0.574. The number of halogens is 1. The van der Waals surface area contributed by atoms with Crippen molar-refractivity contribution in [1.82, 2.24) is 4.98 Å². The first-order valence-corrected chi connectivity index (χ1v) is 7.09. The number of nitrogens with two attached hydrogens (primary N) is 1. The zero-order chi connectivity index (χ0) is 15.7. The minimum atomic E-state index is -0.492. The minimum Gasteiger partial charge on any atom is -0.462 e. The quantitative estimate of drug-likeness (QED) is 0.585. The summed E-state index contributed by atoms with van der Waals surface area (Å²) in [5.41, 5.74) is 8.07. The van der Waals surface area contributed by atoms with Crippen LogP contribution in [-0.4, -0.2) is 17.6 Å². The number of oxazole rings is 1. The lowest BCUT2D eigenvalue weighted by Gasteiger charge is -2.02. The summed E-state index contributed by atoms with van der Waals surface area (Å²) < 4.78 is 10.8. The van der Waals surface area contributed by atoms with Crippen LogP contribution >= 0.6 is 11.6 Å². The molecule has 0 unspecified atom stereocenters. The van der Waals surface area contributed by atoms with Gasteiger partial charge in [0.1, 0.15) is 11.1 Å². The molecule has 0 aliphatic heterocycles. The van der Waals surface area contributed by atoms with Gasteiger partial charge in [-0.05, 0) is 37.3 Å². The molecule has 0 saturated carbocycles. The second-order valence-electron chi connectivity index (χ2n) is 4.67. The number of hydrogen-bond acceptors (Lipinski definition) is 5. The van der Waals surface area contributed by atoms with E-state index < -0.39 is 5.97 Å². The summed E-state index contributed by atoms with van der Waals surface area (Å²) in [4.78, 5) is 16.4. The molecular weight excluding hydrogens is 304 g/mol. The first-order valence-electron chi connectivity index (χ1n) is 6.71. The average molecular weight is 317 g/mol. The van der Waals surface area contributed by atoms with Gasteiger partial charge in [0.05, 0.1) is 6.61 Å². The molecule has 3 aromatic rings. The predicted molar refractivity (Wildman–Crippen MR) is 84.8 cm³/mol. The molecule has 2 aromatic carbocycles. The van der Waals surface area contributed by atoms with Crippen molar-refractivity contribution in [3.63, 3.8) is 0 Å². The van der Waals surface area contributed by atoms with Crippen LogP contribution in [0.4, 0.5) is 5.69 Å². The van der Waals surface area contributed by atoms with Gasteiger partial charge in [-0.15, -0.1) is 0 Å². The molecule has 0 bridgehead atoms. The molecule has 1 aromatic heterocycles. The number of aromatic nitrogens is 1. The first kappa shape index (κ1) is 14.4. The van der Waals surface area contributed by atoms with Gasteiger partial charge in [-0.2, -0.15) is 0 Å². The van der Waals surface area contributed by atoms with Crippen molar-refractivity contribution in [1.29, 1.82) is 0 Å². The molecule has 2 N–H and O–H groups in total. The van der Waals surface area contributed by atoms with Crippen LogP contribution in [0.3, 0.4) is 0 Å². The lowest BCUT2D eigenvalue weighted by atomic mass is 10.2. The van der Waals surface area contributed by atoms with Crippen molar-refractivity contribution in [2.45, 2.75) is 6.92 Å². The number of rotatable bonds is 3. The van der Waals surface area contributed by atoms with Crippen molar-refractivity contribution >= 4 is 34.4 Å². The summed E-state index contributed by atoms with van der Waals surface area (Å²) in [6.07, 6.45) is 0. The summed E-state index contributed by atoms with van der Waals surface area (Å²) in [5.74, 6) is -0.123. The van der Waals surface area contributed by atoms with Crippen molar-refractivity contribution in [3.05, 3.63) is 47.0 Å². The molecule has 22 heavy (non-hydrogen) atoms. The summed E-state index contributed by atoms with van der Waals surface area (Å²) in [7, 11) is 0. The van der Waals surface area contributed by atoms with Gasteiger partial charge in [-0.1, -0.05) is 17.7 Å².